The van der Waals surface area contributed by atoms with Gasteiger partial charge in [0.1, 0.15) is 18.9 Å². The standard InChI is InChI=1S/C29H35N3O6S2/c1-22-9-13-27(14-10-22)40(36,37)32(28-8-6-7-23(2)24(28)3)21-29(33)30-17-20-38-25-11-15-26(16-12-25)39(34,35)31-18-4-5-19-31/h6-16H,4-5,17-21H2,1-3H3,(H,30,33). The molecule has 0 bridgehead atoms. The summed E-state index contributed by atoms with van der Waals surface area (Å²) in [6.07, 6.45) is 1.73. The van der Waals surface area contributed by atoms with Crippen molar-refractivity contribution in [2.24, 2.45) is 0 Å². The predicted molar refractivity (Wildman–Crippen MR) is 155 cm³/mol. The zero-order valence-electron chi connectivity index (χ0n) is 23.0. The second-order valence-corrected chi connectivity index (χ2v) is 13.6. The average Bonchev–Trinajstić information content (AvgIpc) is 3.48. The quantitative estimate of drug-likeness (QED) is 0.343. The normalized spacial score (nSPS) is 14.2. The second kappa shape index (κ2) is 12.4. The van der Waals surface area contributed by atoms with E-state index in [9.17, 15) is 21.6 Å². The topological polar surface area (TPSA) is 113 Å². The lowest BCUT2D eigenvalue weighted by Crippen LogP contribution is -2.42. The van der Waals surface area contributed by atoms with Crippen LogP contribution in [-0.2, 0) is 24.8 Å². The minimum absolute atomic E-state index is 0.102. The van der Waals surface area contributed by atoms with Crippen LogP contribution in [-0.4, -0.2) is 59.8 Å². The summed E-state index contributed by atoms with van der Waals surface area (Å²) in [5.41, 5.74) is 3.05. The molecule has 1 aliphatic heterocycles. The Kier molecular flexibility index (Phi) is 9.17. The lowest BCUT2D eigenvalue weighted by molar-refractivity contribution is -0.119. The molecule has 3 aromatic carbocycles. The molecule has 0 aromatic heterocycles. The summed E-state index contributed by atoms with van der Waals surface area (Å²) in [7, 11) is -7.51. The molecule has 1 heterocycles. The van der Waals surface area contributed by atoms with Crippen molar-refractivity contribution in [1.82, 2.24) is 9.62 Å². The Labute approximate surface area is 236 Å². The molecular weight excluding hydrogens is 550 g/mol. The summed E-state index contributed by atoms with van der Waals surface area (Å²) < 4.78 is 60.9. The maximum atomic E-state index is 13.6. The molecule has 214 valence electrons. The van der Waals surface area contributed by atoms with E-state index in [1.165, 1.54) is 28.6 Å². The van der Waals surface area contributed by atoms with Crippen molar-refractivity contribution in [3.05, 3.63) is 83.4 Å². The summed E-state index contributed by atoms with van der Waals surface area (Å²) in [6, 6.07) is 18.1. The van der Waals surface area contributed by atoms with E-state index in [1.54, 1.807) is 36.4 Å². The van der Waals surface area contributed by atoms with Gasteiger partial charge < -0.3 is 10.1 Å². The highest BCUT2D eigenvalue weighted by Crippen LogP contribution is 2.29. The van der Waals surface area contributed by atoms with Crippen LogP contribution in [0.15, 0.2) is 76.5 Å². The molecule has 0 aliphatic carbocycles. The van der Waals surface area contributed by atoms with Crippen molar-refractivity contribution < 1.29 is 26.4 Å². The van der Waals surface area contributed by atoms with Gasteiger partial charge in [-0.2, -0.15) is 4.31 Å². The summed E-state index contributed by atoms with van der Waals surface area (Å²) >= 11 is 0. The van der Waals surface area contributed by atoms with Gasteiger partial charge in [-0.25, -0.2) is 16.8 Å². The second-order valence-electron chi connectivity index (χ2n) is 9.82. The molecule has 4 rings (SSSR count). The lowest BCUT2D eigenvalue weighted by Gasteiger charge is -2.26. The van der Waals surface area contributed by atoms with Gasteiger partial charge in [0.2, 0.25) is 15.9 Å². The van der Waals surface area contributed by atoms with Crippen LogP contribution in [0.3, 0.4) is 0 Å². The van der Waals surface area contributed by atoms with Crippen molar-refractivity contribution in [3.63, 3.8) is 0 Å². The van der Waals surface area contributed by atoms with Gasteiger partial charge >= 0.3 is 0 Å². The molecule has 0 unspecified atom stereocenters. The van der Waals surface area contributed by atoms with Gasteiger partial charge in [-0.3, -0.25) is 9.10 Å². The Morgan fingerprint density at radius 1 is 0.875 bits per heavy atom. The number of amides is 1. The number of nitrogens with zero attached hydrogens (tertiary/aromatic N) is 2. The average molecular weight is 586 g/mol. The number of ether oxygens (including phenoxy) is 1. The first-order valence-electron chi connectivity index (χ1n) is 13.2. The zero-order valence-corrected chi connectivity index (χ0v) is 24.6. The first-order valence-corrected chi connectivity index (χ1v) is 16.0. The summed E-state index contributed by atoms with van der Waals surface area (Å²) in [4.78, 5) is 13.2. The SMILES string of the molecule is Cc1ccc(S(=O)(=O)N(CC(=O)NCCOc2ccc(S(=O)(=O)N3CCCC3)cc2)c2cccc(C)c2C)cc1. The number of anilines is 1. The molecule has 40 heavy (non-hydrogen) atoms. The summed E-state index contributed by atoms with van der Waals surface area (Å²) in [5.74, 6) is -0.0131. The van der Waals surface area contributed by atoms with E-state index in [1.807, 2.05) is 26.8 Å². The third kappa shape index (κ3) is 6.65. The molecule has 0 radical (unpaired) electrons. The van der Waals surface area contributed by atoms with Crippen LogP contribution in [0.4, 0.5) is 5.69 Å². The van der Waals surface area contributed by atoms with Gasteiger partial charge in [0.25, 0.3) is 10.0 Å². The molecule has 1 amide bonds. The number of aryl methyl sites for hydroxylation is 2. The molecule has 3 aromatic rings. The van der Waals surface area contributed by atoms with Crippen LogP contribution in [0.1, 0.15) is 29.5 Å². The molecule has 0 atom stereocenters. The van der Waals surface area contributed by atoms with Gasteiger partial charge in [0, 0.05) is 13.1 Å². The number of benzene rings is 3. The highest BCUT2D eigenvalue weighted by atomic mass is 32.2. The van der Waals surface area contributed by atoms with E-state index < -0.39 is 32.5 Å². The Morgan fingerprint density at radius 2 is 1.50 bits per heavy atom. The fourth-order valence-corrected chi connectivity index (χ4v) is 7.47. The smallest absolute Gasteiger partial charge is 0.264 e. The lowest BCUT2D eigenvalue weighted by atomic mass is 10.1. The Balaban J connectivity index is 1.39. The van der Waals surface area contributed by atoms with E-state index in [0.717, 1.165) is 33.8 Å². The molecule has 0 saturated carbocycles. The fourth-order valence-electron chi connectivity index (χ4n) is 4.47. The molecule has 1 saturated heterocycles. The van der Waals surface area contributed by atoms with Crippen molar-refractivity contribution in [2.45, 2.75) is 43.4 Å². The van der Waals surface area contributed by atoms with Gasteiger partial charge in [-0.15, -0.1) is 0 Å². The highest BCUT2D eigenvalue weighted by molar-refractivity contribution is 7.92. The molecule has 1 aliphatic rings. The summed E-state index contributed by atoms with van der Waals surface area (Å²) in [6.45, 7) is 6.52. The molecule has 9 nitrogen and oxygen atoms in total. The zero-order chi connectivity index (χ0) is 28.9. The molecule has 0 spiro atoms. The van der Waals surface area contributed by atoms with E-state index >= 15 is 0 Å². The van der Waals surface area contributed by atoms with E-state index in [-0.39, 0.29) is 22.9 Å². The number of sulfonamides is 2. The van der Waals surface area contributed by atoms with E-state index in [0.29, 0.717) is 24.5 Å². The Hall–Kier alpha value is -3.41. The highest BCUT2D eigenvalue weighted by Gasteiger charge is 2.29. The van der Waals surface area contributed by atoms with Crippen molar-refractivity contribution in [1.29, 1.82) is 0 Å². The van der Waals surface area contributed by atoms with Crippen molar-refractivity contribution in [3.8, 4) is 5.75 Å². The number of hydrogen-bond acceptors (Lipinski definition) is 6. The maximum absolute atomic E-state index is 13.6. The van der Waals surface area contributed by atoms with E-state index in [4.69, 9.17) is 4.74 Å². The van der Waals surface area contributed by atoms with Crippen LogP contribution < -0.4 is 14.4 Å². The number of carbonyl (C=O) groups excluding carboxylic acids is 1. The summed E-state index contributed by atoms with van der Waals surface area (Å²) in [5, 5.41) is 2.72. The minimum atomic E-state index is -4.01. The molecular formula is C29H35N3O6S2. The Bertz CT molecular complexity index is 1550. The largest absolute Gasteiger partial charge is 0.492 e. The van der Waals surface area contributed by atoms with Crippen molar-refractivity contribution in [2.75, 3.05) is 37.1 Å². The fraction of sp³-hybridized carbons (Fsp3) is 0.345. The number of rotatable bonds is 11. The van der Waals surface area contributed by atoms with Crippen LogP contribution in [0.2, 0.25) is 0 Å². The first-order chi connectivity index (χ1) is 19.0. The monoisotopic (exact) mass is 585 g/mol. The van der Waals surface area contributed by atoms with Crippen LogP contribution in [0, 0.1) is 20.8 Å². The van der Waals surface area contributed by atoms with Gasteiger partial charge in [0.15, 0.2) is 0 Å². The Morgan fingerprint density at radius 3 is 2.15 bits per heavy atom. The first kappa shape index (κ1) is 29.6. The number of hydrogen-bond donors (Lipinski definition) is 1. The van der Waals surface area contributed by atoms with Crippen LogP contribution >= 0.6 is 0 Å². The maximum Gasteiger partial charge on any atom is 0.264 e. The predicted octanol–water partition coefficient (Wildman–Crippen LogP) is 3.79. The minimum Gasteiger partial charge on any atom is -0.492 e. The number of nitrogens with one attached hydrogen (secondary N) is 1. The van der Waals surface area contributed by atoms with Gasteiger partial charge in [0.05, 0.1) is 22.0 Å². The molecule has 1 N–H and O–H groups in total. The molecule has 1 fully saturated rings. The van der Waals surface area contributed by atoms with Crippen LogP contribution in [0.25, 0.3) is 0 Å². The van der Waals surface area contributed by atoms with Gasteiger partial charge in [-0.1, -0.05) is 29.8 Å². The van der Waals surface area contributed by atoms with Crippen molar-refractivity contribution >= 4 is 31.6 Å². The van der Waals surface area contributed by atoms with Gasteiger partial charge in [-0.05, 0) is 87.2 Å². The third-order valence-corrected chi connectivity index (χ3v) is 10.6. The van der Waals surface area contributed by atoms with Crippen LogP contribution in [0.5, 0.6) is 5.75 Å². The third-order valence-electron chi connectivity index (χ3n) is 6.96. The molecule has 11 heteroatoms. The van der Waals surface area contributed by atoms with E-state index in [2.05, 4.69) is 5.32 Å². The number of carbonyl (C=O) groups is 1.